The summed E-state index contributed by atoms with van der Waals surface area (Å²) in [6.45, 7) is 2.32. The van der Waals surface area contributed by atoms with E-state index in [1.54, 1.807) is 61.5 Å². The van der Waals surface area contributed by atoms with Gasteiger partial charge in [0.1, 0.15) is 5.25 Å². The first kappa shape index (κ1) is 28.7. The molecule has 2 amide bonds. The van der Waals surface area contributed by atoms with Crippen LogP contribution < -0.4 is 14.8 Å². The Hall–Kier alpha value is -4.84. The molecule has 0 radical (unpaired) electrons. The molecule has 42 heavy (non-hydrogen) atoms. The second-order valence-electron chi connectivity index (χ2n) is 9.20. The van der Waals surface area contributed by atoms with Gasteiger partial charge in [0.2, 0.25) is 18.6 Å². The molecule has 0 bridgehead atoms. The van der Waals surface area contributed by atoms with Crippen LogP contribution in [0.25, 0.3) is 0 Å². The Balaban J connectivity index is 1.38. The van der Waals surface area contributed by atoms with E-state index >= 15 is 0 Å². The van der Waals surface area contributed by atoms with Gasteiger partial charge in [0.25, 0.3) is 0 Å². The first-order valence-corrected chi connectivity index (χ1v) is 13.9. The quantitative estimate of drug-likeness (QED) is 0.376. The van der Waals surface area contributed by atoms with Gasteiger partial charge in [0.15, 0.2) is 16.7 Å². The summed E-state index contributed by atoms with van der Waals surface area (Å²) in [5, 5.41) is 2.37. The fourth-order valence-corrected chi connectivity index (χ4v) is 5.34. The van der Waals surface area contributed by atoms with Crippen LogP contribution in [-0.4, -0.2) is 59.6 Å². The van der Waals surface area contributed by atoms with Crippen molar-refractivity contribution in [1.82, 2.24) is 4.90 Å². The van der Waals surface area contributed by atoms with E-state index in [9.17, 15) is 19.2 Å². The molecule has 1 atom stereocenters. The number of nitrogens with one attached hydrogen (secondary N) is 1. The average molecular weight is 590 g/mol. The summed E-state index contributed by atoms with van der Waals surface area (Å²) in [6.07, 6.45) is -0.0535. The predicted molar refractivity (Wildman–Crippen MR) is 155 cm³/mol. The van der Waals surface area contributed by atoms with E-state index in [0.717, 1.165) is 17.3 Å². The molecule has 12 heteroatoms. The van der Waals surface area contributed by atoms with Crippen LogP contribution in [0.15, 0.2) is 71.7 Å². The predicted octanol–water partition coefficient (Wildman–Crippen LogP) is 4.54. The zero-order valence-corrected chi connectivity index (χ0v) is 23.6. The van der Waals surface area contributed by atoms with Crippen molar-refractivity contribution in [1.29, 1.82) is 0 Å². The number of aliphatic imine (C=N–C) groups is 1. The Morgan fingerprint density at radius 3 is 2.38 bits per heavy atom. The van der Waals surface area contributed by atoms with Gasteiger partial charge in [0, 0.05) is 12.1 Å². The molecular formula is C30H27N3O8S. The van der Waals surface area contributed by atoms with E-state index in [2.05, 4.69) is 5.32 Å². The highest BCUT2D eigenvalue weighted by molar-refractivity contribution is 8.15. The number of fused-ring (bicyclic) bond motifs is 1. The van der Waals surface area contributed by atoms with Crippen molar-refractivity contribution in [3.63, 3.8) is 0 Å². The number of hydrogen-bond donors (Lipinski definition) is 1. The number of anilines is 1. The number of rotatable bonds is 8. The second-order valence-corrected chi connectivity index (χ2v) is 10.4. The number of amidine groups is 1. The fraction of sp³-hybridized carbons (Fsp3) is 0.233. The van der Waals surface area contributed by atoms with Gasteiger partial charge in [-0.3, -0.25) is 14.5 Å². The molecule has 2 aliphatic rings. The molecule has 2 heterocycles. The number of thioether (sulfide) groups is 1. The molecule has 5 rings (SSSR count). The summed E-state index contributed by atoms with van der Waals surface area (Å²) < 4.78 is 20.6. The molecule has 3 aromatic rings. The van der Waals surface area contributed by atoms with Gasteiger partial charge >= 0.3 is 11.9 Å². The molecule has 1 N–H and O–H groups in total. The topological polar surface area (TPSA) is 133 Å². The lowest BCUT2D eigenvalue weighted by molar-refractivity contribution is -0.129. The van der Waals surface area contributed by atoms with Gasteiger partial charge in [-0.2, -0.15) is 0 Å². The third-order valence-electron chi connectivity index (χ3n) is 6.39. The average Bonchev–Trinajstić information content (AvgIpc) is 3.47. The van der Waals surface area contributed by atoms with Crippen LogP contribution in [-0.2, 0) is 25.6 Å². The Labute approximate surface area is 245 Å². The van der Waals surface area contributed by atoms with E-state index in [1.165, 1.54) is 12.0 Å². The van der Waals surface area contributed by atoms with Crippen molar-refractivity contribution in [2.75, 3.05) is 25.8 Å². The van der Waals surface area contributed by atoms with Gasteiger partial charge in [-0.1, -0.05) is 17.8 Å². The summed E-state index contributed by atoms with van der Waals surface area (Å²) >= 11 is 1.16. The monoisotopic (exact) mass is 589 g/mol. The Kier molecular flexibility index (Phi) is 8.72. The number of carbonyl (C=O) groups excluding carboxylic acids is 4. The minimum atomic E-state index is -0.761. The fourth-order valence-electron chi connectivity index (χ4n) is 4.25. The van der Waals surface area contributed by atoms with Crippen LogP contribution in [0.4, 0.5) is 11.4 Å². The summed E-state index contributed by atoms with van der Waals surface area (Å²) in [4.78, 5) is 56.7. The largest absolute Gasteiger partial charge is 0.465 e. The summed E-state index contributed by atoms with van der Waals surface area (Å²) in [5.41, 5.74) is 2.48. The number of nitrogens with zero attached hydrogens (tertiary/aromatic N) is 2. The molecule has 11 nitrogen and oxygen atoms in total. The molecule has 0 aromatic heterocycles. The Bertz CT molecular complexity index is 1540. The molecule has 216 valence electrons. The number of hydrogen-bond acceptors (Lipinski definition) is 10. The van der Waals surface area contributed by atoms with E-state index in [0.29, 0.717) is 39.2 Å². The van der Waals surface area contributed by atoms with Gasteiger partial charge in [0.05, 0.1) is 37.1 Å². The number of amides is 2. The van der Waals surface area contributed by atoms with Crippen molar-refractivity contribution in [2.45, 2.75) is 25.1 Å². The maximum atomic E-state index is 13.5. The molecule has 0 saturated carbocycles. The smallest absolute Gasteiger partial charge is 0.338 e. The maximum absolute atomic E-state index is 13.5. The molecule has 0 spiro atoms. The van der Waals surface area contributed by atoms with E-state index < -0.39 is 17.2 Å². The molecular weight excluding hydrogens is 562 g/mol. The van der Waals surface area contributed by atoms with Gasteiger partial charge < -0.3 is 24.3 Å². The van der Waals surface area contributed by atoms with Crippen molar-refractivity contribution >= 4 is 52.1 Å². The third-order valence-corrected chi connectivity index (χ3v) is 7.57. The third kappa shape index (κ3) is 6.55. The van der Waals surface area contributed by atoms with E-state index in [-0.39, 0.29) is 38.2 Å². The van der Waals surface area contributed by atoms with Gasteiger partial charge in [-0.15, -0.1) is 0 Å². The van der Waals surface area contributed by atoms with Crippen LogP contribution in [0.3, 0.4) is 0 Å². The molecule has 0 unspecified atom stereocenters. The zero-order valence-electron chi connectivity index (χ0n) is 22.8. The first-order valence-electron chi connectivity index (χ1n) is 13.0. The Morgan fingerprint density at radius 2 is 1.67 bits per heavy atom. The molecule has 1 fully saturated rings. The second kappa shape index (κ2) is 12.8. The summed E-state index contributed by atoms with van der Waals surface area (Å²) in [6, 6.07) is 18.2. The highest BCUT2D eigenvalue weighted by Crippen LogP contribution is 2.35. The normalized spacial score (nSPS) is 16.7. The number of ether oxygens (including phenoxy) is 4. The minimum absolute atomic E-state index is 0.0535. The summed E-state index contributed by atoms with van der Waals surface area (Å²) in [7, 11) is 1.29. The number of carbonyl (C=O) groups is 4. The number of benzene rings is 3. The van der Waals surface area contributed by atoms with Crippen molar-refractivity contribution in [3.8, 4) is 11.5 Å². The van der Waals surface area contributed by atoms with Crippen molar-refractivity contribution in [3.05, 3.63) is 83.4 Å². The SMILES string of the molecule is CCOC(=O)c1ccc(N=C2S[C@H](C(=O)Nc3ccc(C(=O)OC)cc3)CC(=O)N2Cc2ccc3c(c2)OCO3)cc1. The number of esters is 2. The van der Waals surface area contributed by atoms with Crippen LogP contribution in [0.5, 0.6) is 11.5 Å². The standard InChI is InChI=1S/C30H27N3O8S/c1-3-39-29(37)20-7-11-22(12-8-20)32-30-33(16-18-4-13-23-24(14-18)41-17-40-23)26(34)15-25(42-30)27(35)31-21-9-5-19(6-10-21)28(36)38-2/h4-14,25H,3,15-17H2,1-2H3,(H,31,35)/t25-/m0/s1. The molecule has 3 aromatic carbocycles. The van der Waals surface area contributed by atoms with Crippen LogP contribution >= 0.6 is 11.8 Å². The van der Waals surface area contributed by atoms with Gasteiger partial charge in [-0.25, -0.2) is 14.6 Å². The van der Waals surface area contributed by atoms with Crippen molar-refractivity contribution < 1.29 is 38.1 Å². The number of methoxy groups -OCH3 is 1. The lowest BCUT2D eigenvalue weighted by Crippen LogP contribution is -2.44. The van der Waals surface area contributed by atoms with Crippen LogP contribution in [0, 0.1) is 0 Å². The maximum Gasteiger partial charge on any atom is 0.338 e. The minimum Gasteiger partial charge on any atom is -0.465 e. The molecule has 2 aliphatic heterocycles. The van der Waals surface area contributed by atoms with Crippen molar-refractivity contribution in [2.24, 2.45) is 4.99 Å². The molecule has 0 aliphatic carbocycles. The highest BCUT2D eigenvalue weighted by Gasteiger charge is 2.36. The molecule has 1 saturated heterocycles. The Morgan fingerprint density at radius 1 is 0.976 bits per heavy atom. The highest BCUT2D eigenvalue weighted by atomic mass is 32.2. The zero-order chi connectivity index (χ0) is 29.6. The first-order chi connectivity index (χ1) is 20.3. The summed E-state index contributed by atoms with van der Waals surface area (Å²) in [5.74, 6) is -0.375. The van der Waals surface area contributed by atoms with E-state index in [4.69, 9.17) is 23.9 Å². The lowest BCUT2D eigenvalue weighted by atomic mass is 10.1. The lowest BCUT2D eigenvalue weighted by Gasteiger charge is -2.32. The van der Waals surface area contributed by atoms with Crippen LogP contribution in [0.1, 0.15) is 39.6 Å². The van der Waals surface area contributed by atoms with Crippen LogP contribution in [0.2, 0.25) is 0 Å². The van der Waals surface area contributed by atoms with E-state index in [1.807, 2.05) is 12.1 Å². The van der Waals surface area contributed by atoms with Gasteiger partial charge in [-0.05, 0) is 73.2 Å².